The molecule has 102 valence electrons. The molecule has 0 aliphatic carbocycles. The van der Waals surface area contributed by atoms with Crippen LogP contribution in [0.15, 0.2) is 6.07 Å². The lowest BCUT2D eigenvalue weighted by Crippen LogP contribution is -2.53. The van der Waals surface area contributed by atoms with Crippen molar-refractivity contribution in [2.45, 2.75) is 46.7 Å². The fraction of sp³-hybridized carbons (Fsp3) is 0.692. The fourth-order valence-corrected chi connectivity index (χ4v) is 2.01. The second kappa shape index (κ2) is 6.00. The number of hydrogen-bond donors (Lipinski definition) is 1. The number of esters is 1. The van der Waals surface area contributed by atoms with E-state index in [9.17, 15) is 4.79 Å². The minimum Gasteiger partial charge on any atom is -0.465 e. The first-order valence-electron chi connectivity index (χ1n) is 6.36. The number of ether oxygens (including phenoxy) is 1. The topological polar surface area (TPSA) is 56.2 Å². The van der Waals surface area contributed by atoms with Crippen molar-refractivity contribution in [1.82, 2.24) is 15.1 Å². The molecule has 0 fully saturated rings. The third-order valence-electron chi connectivity index (χ3n) is 2.86. The molecule has 0 aliphatic heterocycles. The molecule has 0 aromatic carbocycles. The third kappa shape index (κ3) is 3.32. The predicted octanol–water partition coefficient (Wildman–Crippen LogP) is 1.43. The van der Waals surface area contributed by atoms with Gasteiger partial charge >= 0.3 is 5.97 Å². The maximum atomic E-state index is 12.1. The second-order valence-electron chi connectivity index (χ2n) is 4.67. The molecule has 18 heavy (non-hydrogen) atoms. The van der Waals surface area contributed by atoms with Crippen molar-refractivity contribution in [3.8, 4) is 0 Å². The number of carbonyl (C=O) groups is 1. The first kappa shape index (κ1) is 14.7. The molecule has 1 aromatic rings. The number of rotatable bonds is 6. The molecule has 0 spiro atoms. The van der Waals surface area contributed by atoms with Crippen molar-refractivity contribution in [2.24, 2.45) is 0 Å². The highest BCUT2D eigenvalue weighted by molar-refractivity contribution is 5.80. The van der Waals surface area contributed by atoms with E-state index in [0.717, 1.165) is 11.4 Å². The van der Waals surface area contributed by atoms with Gasteiger partial charge in [-0.15, -0.1) is 0 Å². The molecule has 1 N–H and O–H groups in total. The average molecular weight is 253 g/mol. The van der Waals surface area contributed by atoms with Gasteiger partial charge in [0.05, 0.1) is 18.8 Å². The molecule has 0 amide bonds. The normalized spacial score (nSPS) is 14.3. The Morgan fingerprint density at radius 2 is 2.17 bits per heavy atom. The van der Waals surface area contributed by atoms with Crippen LogP contribution in [0, 0.1) is 13.8 Å². The van der Waals surface area contributed by atoms with Gasteiger partial charge in [-0.3, -0.25) is 4.68 Å². The van der Waals surface area contributed by atoms with Crippen LogP contribution in [0.2, 0.25) is 0 Å². The molecule has 1 aromatic heterocycles. The first-order chi connectivity index (χ1) is 8.42. The van der Waals surface area contributed by atoms with Crippen molar-refractivity contribution in [3.63, 3.8) is 0 Å². The molecule has 5 nitrogen and oxygen atoms in total. The molecule has 0 aliphatic rings. The van der Waals surface area contributed by atoms with E-state index in [4.69, 9.17) is 4.74 Å². The van der Waals surface area contributed by atoms with E-state index < -0.39 is 5.54 Å². The minimum atomic E-state index is -0.742. The third-order valence-corrected chi connectivity index (χ3v) is 2.86. The maximum absolute atomic E-state index is 12.1. The van der Waals surface area contributed by atoms with Gasteiger partial charge in [0.2, 0.25) is 0 Å². The Hall–Kier alpha value is -1.36. The Morgan fingerprint density at radius 3 is 2.61 bits per heavy atom. The number of nitrogens with zero attached hydrogens (tertiary/aromatic N) is 2. The predicted molar refractivity (Wildman–Crippen MR) is 70.4 cm³/mol. The Labute approximate surface area is 109 Å². The van der Waals surface area contributed by atoms with Crippen LogP contribution in [0.5, 0.6) is 0 Å². The van der Waals surface area contributed by atoms with Crippen LogP contribution < -0.4 is 5.32 Å². The SMILES string of the molecule is CCNC(C)(Cn1nc(C)cc1C)C(=O)OCC. The highest BCUT2D eigenvalue weighted by Gasteiger charge is 2.35. The van der Waals surface area contributed by atoms with Gasteiger partial charge in [-0.1, -0.05) is 6.92 Å². The largest absolute Gasteiger partial charge is 0.465 e. The van der Waals surface area contributed by atoms with Gasteiger partial charge in [-0.2, -0.15) is 5.10 Å². The number of aromatic nitrogens is 2. The summed E-state index contributed by atoms with van der Waals surface area (Å²) in [6.07, 6.45) is 0. The van der Waals surface area contributed by atoms with E-state index in [2.05, 4.69) is 10.4 Å². The number of hydrogen-bond acceptors (Lipinski definition) is 4. The van der Waals surface area contributed by atoms with Gasteiger partial charge in [0.15, 0.2) is 0 Å². The molecule has 1 heterocycles. The number of likely N-dealkylation sites (N-methyl/N-ethyl adjacent to an activating group) is 1. The zero-order valence-electron chi connectivity index (χ0n) is 11.9. The molecular weight excluding hydrogens is 230 g/mol. The molecule has 1 rings (SSSR count). The molecular formula is C13H23N3O2. The molecule has 0 saturated carbocycles. The molecule has 0 bridgehead atoms. The lowest BCUT2D eigenvalue weighted by atomic mass is 10.0. The summed E-state index contributed by atoms with van der Waals surface area (Å²) in [4.78, 5) is 12.1. The van der Waals surface area contributed by atoms with Crippen LogP contribution in [0.1, 0.15) is 32.2 Å². The first-order valence-corrected chi connectivity index (χ1v) is 6.36. The zero-order chi connectivity index (χ0) is 13.8. The maximum Gasteiger partial charge on any atom is 0.327 e. The summed E-state index contributed by atoms with van der Waals surface area (Å²) in [5.74, 6) is -0.237. The molecule has 5 heteroatoms. The summed E-state index contributed by atoms with van der Waals surface area (Å²) in [5.41, 5.74) is 1.25. The van der Waals surface area contributed by atoms with Crippen LogP contribution in [-0.4, -0.2) is 34.4 Å². The van der Waals surface area contributed by atoms with Gasteiger partial charge in [0, 0.05) is 5.69 Å². The van der Waals surface area contributed by atoms with Crippen molar-refractivity contribution in [3.05, 3.63) is 17.5 Å². The second-order valence-corrected chi connectivity index (χ2v) is 4.67. The Balaban J connectivity index is 2.91. The van der Waals surface area contributed by atoms with Crippen molar-refractivity contribution < 1.29 is 9.53 Å². The van der Waals surface area contributed by atoms with Crippen molar-refractivity contribution in [2.75, 3.05) is 13.2 Å². The van der Waals surface area contributed by atoms with Crippen LogP contribution in [0.25, 0.3) is 0 Å². The standard InChI is InChI=1S/C13H23N3O2/c1-6-14-13(5,12(17)18-7-2)9-16-11(4)8-10(3)15-16/h8,14H,6-7,9H2,1-5H3. The highest BCUT2D eigenvalue weighted by Crippen LogP contribution is 2.13. The number of carbonyl (C=O) groups excluding carboxylic acids is 1. The summed E-state index contributed by atoms with van der Waals surface area (Å²) in [7, 11) is 0. The molecule has 1 unspecified atom stereocenters. The quantitative estimate of drug-likeness (QED) is 0.779. The van der Waals surface area contributed by atoms with Crippen LogP contribution >= 0.6 is 0 Å². The van der Waals surface area contributed by atoms with E-state index in [0.29, 0.717) is 19.7 Å². The van der Waals surface area contributed by atoms with E-state index >= 15 is 0 Å². The van der Waals surface area contributed by atoms with Crippen molar-refractivity contribution in [1.29, 1.82) is 0 Å². The number of nitrogens with one attached hydrogen (secondary N) is 1. The Bertz CT molecular complexity index is 414. The van der Waals surface area contributed by atoms with E-state index in [1.807, 2.05) is 45.4 Å². The van der Waals surface area contributed by atoms with Crippen LogP contribution in [0.3, 0.4) is 0 Å². The summed E-state index contributed by atoms with van der Waals surface area (Å²) in [5, 5.41) is 7.58. The van der Waals surface area contributed by atoms with E-state index in [1.54, 1.807) is 0 Å². The highest BCUT2D eigenvalue weighted by atomic mass is 16.5. The average Bonchev–Trinajstić information content (AvgIpc) is 2.58. The van der Waals surface area contributed by atoms with Gasteiger partial charge in [-0.25, -0.2) is 4.79 Å². The molecule has 0 radical (unpaired) electrons. The lowest BCUT2D eigenvalue weighted by Gasteiger charge is -2.28. The summed E-state index contributed by atoms with van der Waals surface area (Å²) >= 11 is 0. The van der Waals surface area contributed by atoms with Crippen molar-refractivity contribution >= 4 is 5.97 Å². The fourth-order valence-electron chi connectivity index (χ4n) is 2.01. The smallest absolute Gasteiger partial charge is 0.327 e. The monoisotopic (exact) mass is 253 g/mol. The van der Waals surface area contributed by atoms with Crippen LogP contribution in [-0.2, 0) is 16.1 Å². The Kier molecular flexibility index (Phi) is 4.90. The van der Waals surface area contributed by atoms with E-state index in [1.165, 1.54) is 0 Å². The Morgan fingerprint density at radius 1 is 1.50 bits per heavy atom. The summed E-state index contributed by atoms with van der Waals surface area (Å²) in [6.45, 7) is 11.1. The molecule has 1 atom stereocenters. The zero-order valence-corrected chi connectivity index (χ0v) is 11.9. The summed E-state index contributed by atoms with van der Waals surface area (Å²) in [6, 6.07) is 2.00. The molecule has 0 saturated heterocycles. The van der Waals surface area contributed by atoms with Gasteiger partial charge in [0.1, 0.15) is 5.54 Å². The summed E-state index contributed by atoms with van der Waals surface area (Å²) < 4.78 is 6.98. The van der Waals surface area contributed by atoms with E-state index in [-0.39, 0.29) is 5.97 Å². The van der Waals surface area contributed by atoms with Gasteiger partial charge in [0.25, 0.3) is 0 Å². The number of aryl methyl sites for hydroxylation is 2. The lowest BCUT2D eigenvalue weighted by molar-refractivity contribution is -0.151. The van der Waals surface area contributed by atoms with Gasteiger partial charge < -0.3 is 10.1 Å². The van der Waals surface area contributed by atoms with Crippen LogP contribution in [0.4, 0.5) is 0 Å². The minimum absolute atomic E-state index is 0.237. The van der Waals surface area contributed by atoms with Gasteiger partial charge in [-0.05, 0) is 40.3 Å².